The molecule has 0 amide bonds. The van der Waals surface area contributed by atoms with E-state index in [0.717, 1.165) is 6.42 Å². The number of rotatable bonds is 1. The van der Waals surface area contributed by atoms with E-state index >= 15 is 0 Å². The Kier molecular flexibility index (Phi) is 4.30. The molecular formula is C21H19NS2. The SMILES string of the molecule is CCc1cc2c(cc1C)Nc1ccccc1Sc1ccccc1S2. The molecule has 0 unspecified atom stereocenters. The van der Waals surface area contributed by atoms with E-state index in [1.807, 2.05) is 23.5 Å². The zero-order valence-electron chi connectivity index (χ0n) is 13.8. The van der Waals surface area contributed by atoms with E-state index in [2.05, 4.69) is 79.8 Å². The lowest BCUT2D eigenvalue weighted by atomic mass is 10.1. The van der Waals surface area contributed by atoms with Crippen LogP contribution in [0.25, 0.3) is 0 Å². The van der Waals surface area contributed by atoms with E-state index in [4.69, 9.17) is 0 Å². The van der Waals surface area contributed by atoms with Crippen molar-refractivity contribution in [3.05, 3.63) is 71.8 Å². The maximum absolute atomic E-state index is 3.67. The van der Waals surface area contributed by atoms with Crippen LogP contribution >= 0.6 is 23.5 Å². The maximum Gasteiger partial charge on any atom is 0.0529 e. The Balaban J connectivity index is 1.94. The maximum atomic E-state index is 3.67. The number of nitrogens with one attached hydrogen (secondary N) is 1. The van der Waals surface area contributed by atoms with Gasteiger partial charge in [-0.25, -0.2) is 0 Å². The fourth-order valence-electron chi connectivity index (χ4n) is 2.95. The minimum atomic E-state index is 1.06. The molecule has 3 aromatic carbocycles. The molecule has 0 saturated carbocycles. The molecule has 0 fully saturated rings. The first-order valence-corrected chi connectivity index (χ1v) is 9.82. The van der Waals surface area contributed by atoms with Crippen LogP contribution in [0.4, 0.5) is 11.4 Å². The Labute approximate surface area is 151 Å². The molecule has 0 atom stereocenters. The van der Waals surface area contributed by atoms with Crippen molar-refractivity contribution in [2.24, 2.45) is 0 Å². The van der Waals surface area contributed by atoms with Crippen LogP contribution in [0.15, 0.2) is 80.2 Å². The minimum Gasteiger partial charge on any atom is -0.354 e. The molecule has 1 aliphatic rings. The minimum absolute atomic E-state index is 1.06. The van der Waals surface area contributed by atoms with E-state index in [1.165, 1.54) is 42.1 Å². The van der Waals surface area contributed by atoms with Crippen molar-refractivity contribution in [2.45, 2.75) is 39.9 Å². The van der Waals surface area contributed by atoms with Gasteiger partial charge < -0.3 is 5.32 Å². The fourth-order valence-corrected chi connectivity index (χ4v) is 5.10. The highest BCUT2D eigenvalue weighted by Crippen LogP contribution is 2.46. The third-order valence-corrected chi connectivity index (χ3v) is 6.68. The average Bonchev–Trinajstić information content (AvgIpc) is 2.66. The number of aryl methyl sites for hydroxylation is 2. The first kappa shape index (κ1) is 15.7. The summed E-state index contributed by atoms with van der Waals surface area (Å²) in [7, 11) is 0. The first-order valence-electron chi connectivity index (χ1n) is 8.19. The van der Waals surface area contributed by atoms with Crippen molar-refractivity contribution in [1.82, 2.24) is 0 Å². The topological polar surface area (TPSA) is 12.0 Å². The van der Waals surface area contributed by atoms with Gasteiger partial charge in [-0.3, -0.25) is 0 Å². The summed E-state index contributed by atoms with van der Waals surface area (Å²) in [6, 6.07) is 21.9. The number of hydrogen-bond acceptors (Lipinski definition) is 3. The van der Waals surface area contributed by atoms with E-state index in [0.29, 0.717) is 0 Å². The zero-order valence-corrected chi connectivity index (χ0v) is 15.4. The number of fused-ring (bicyclic) bond motifs is 3. The standard InChI is InChI=1S/C21H19NS2/c1-3-15-13-21-17(12-14(15)2)22-16-8-4-5-9-18(16)23-19-10-6-7-11-20(19)24-21/h4-13,22H,3H2,1-2H3. The van der Waals surface area contributed by atoms with Gasteiger partial charge in [-0.15, -0.1) is 0 Å². The Morgan fingerprint density at radius 3 is 2.08 bits per heavy atom. The molecule has 0 aromatic heterocycles. The van der Waals surface area contributed by atoms with Crippen LogP contribution in [0.1, 0.15) is 18.1 Å². The summed E-state index contributed by atoms with van der Waals surface area (Å²) >= 11 is 3.69. The summed E-state index contributed by atoms with van der Waals surface area (Å²) < 4.78 is 0. The van der Waals surface area contributed by atoms with Crippen LogP contribution in [-0.2, 0) is 6.42 Å². The van der Waals surface area contributed by atoms with Crippen LogP contribution in [0.5, 0.6) is 0 Å². The van der Waals surface area contributed by atoms with Gasteiger partial charge in [0.2, 0.25) is 0 Å². The Hall–Kier alpha value is -1.84. The van der Waals surface area contributed by atoms with Gasteiger partial charge in [0.25, 0.3) is 0 Å². The first-order chi connectivity index (χ1) is 11.7. The molecule has 1 nitrogen and oxygen atoms in total. The molecule has 3 heteroatoms. The van der Waals surface area contributed by atoms with Crippen LogP contribution < -0.4 is 5.32 Å². The zero-order chi connectivity index (χ0) is 16.5. The molecule has 0 spiro atoms. The molecule has 3 aromatic rings. The normalized spacial score (nSPS) is 12.8. The van der Waals surface area contributed by atoms with Crippen molar-refractivity contribution >= 4 is 34.9 Å². The molecule has 0 radical (unpaired) electrons. The summed E-state index contributed by atoms with van der Waals surface area (Å²) in [4.78, 5) is 5.18. The summed E-state index contributed by atoms with van der Waals surface area (Å²) in [5.74, 6) is 0. The molecule has 1 heterocycles. The second kappa shape index (κ2) is 6.58. The lowest BCUT2D eigenvalue weighted by Gasteiger charge is -2.15. The molecule has 4 rings (SSSR count). The van der Waals surface area contributed by atoms with Crippen molar-refractivity contribution < 1.29 is 0 Å². The van der Waals surface area contributed by atoms with Gasteiger partial charge in [0.1, 0.15) is 0 Å². The Bertz CT molecular complexity index is 902. The van der Waals surface area contributed by atoms with Crippen molar-refractivity contribution in [2.75, 3.05) is 5.32 Å². The highest BCUT2D eigenvalue weighted by atomic mass is 32.2. The second-order valence-electron chi connectivity index (χ2n) is 5.90. The van der Waals surface area contributed by atoms with Gasteiger partial charge in [0, 0.05) is 19.6 Å². The highest BCUT2D eigenvalue weighted by molar-refractivity contribution is 8.02. The summed E-state index contributed by atoms with van der Waals surface area (Å²) in [5, 5.41) is 3.67. The van der Waals surface area contributed by atoms with Crippen molar-refractivity contribution in [1.29, 1.82) is 0 Å². The fraction of sp³-hybridized carbons (Fsp3) is 0.143. The van der Waals surface area contributed by atoms with Crippen molar-refractivity contribution in [3.63, 3.8) is 0 Å². The molecule has 1 aliphatic heterocycles. The number of hydrogen-bond donors (Lipinski definition) is 1. The lowest BCUT2D eigenvalue weighted by Crippen LogP contribution is -1.97. The van der Waals surface area contributed by atoms with E-state index in [9.17, 15) is 0 Å². The van der Waals surface area contributed by atoms with Gasteiger partial charge in [0.05, 0.1) is 11.4 Å². The van der Waals surface area contributed by atoms with Gasteiger partial charge in [0.15, 0.2) is 0 Å². The largest absolute Gasteiger partial charge is 0.354 e. The summed E-state index contributed by atoms with van der Waals surface area (Å²) in [6.45, 7) is 4.42. The molecule has 1 N–H and O–H groups in total. The van der Waals surface area contributed by atoms with E-state index in [-0.39, 0.29) is 0 Å². The predicted octanol–water partition coefficient (Wildman–Crippen LogP) is 6.92. The number of benzene rings is 3. The molecule has 0 saturated heterocycles. The molecule has 0 aliphatic carbocycles. The van der Waals surface area contributed by atoms with Gasteiger partial charge in [-0.2, -0.15) is 0 Å². The van der Waals surface area contributed by atoms with Crippen molar-refractivity contribution in [3.8, 4) is 0 Å². The second-order valence-corrected chi connectivity index (χ2v) is 8.07. The average molecular weight is 350 g/mol. The van der Waals surface area contributed by atoms with Crippen LogP contribution in [0, 0.1) is 6.92 Å². The van der Waals surface area contributed by atoms with Gasteiger partial charge in [-0.1, -0.05) is 54.7 Å². The van der Waals surface area contributed by atoms with Crippen LogP contribution in [0.3, 0.4) is 0 Å². The third kappa shape index (κ3) is 2.94. The highest BCUT2D eigenvalue weighted by Gasteiger charge is 2.16. The third-order valence-electron chi connectivity index (χ3n) is 4.26. The Morgan fingerprint density at radius 1 is 0.750 bits per heavy atom. The van der Waals surface area contributed by atoms with E-state index in [1.54, 1.807) is 0 Å². The monoisotopic (exact) mass is 349 g/mol. The quantitative estimate of drug-likeness (QED) is 0.401. The van der Waals surface area contributed by atoms with Gasteiger partial charge >= 0.3 is 0 Å². The summed E-state index contributed by atoms with van der Waals surface area (Å²) in [6.07, 6.45) is 1.06. The lowest BCUT2D eigenvalue weighted by molar-refractivity contribution is 1.09. The number of anilines is 2. The summed E-state index contributed by atoms with van der Waals surface area (Å²) in [5.41, 5.74) is 5.13. The molecule has 120 valence electrons. The molecule has 0 bridgehead atoms. The molecular weight excluding hydrogens is 330 g/mol. The molecule has 24 heavy (non-hydrogen) atoms. The smallest absolute Gasteiger partial charge is 0.0529 e. The number of para-hydroxylation sites is 1. The van der Waals surface area contributed by atoms with E-state index < -0.39 is 0 Å². The van der Waals surface area contributed by atoms with Gasteiger partial charge in [-0.05, 0) is 60.9 Å². The Morgan fingerprint density at radius 2 is 1.38 bits per heavy atom. The van der Waals surface area contributed by atoms with Crippen LogP contribution in [-0.4, -0.2) is 0 Å². The predicted molar refractivity (Wildman–Crippen MR) is 105 cm³/mol. The van der Waals surface area contributed by atoms with Crippen LogP contribution in [0.2, 0.25) is 0 Å².